The van der Waals surface area contributed by atoms with Gasteiger partial charge in [-0.15, -0.1) is 0 Å². The Bertz CT molecular complexity index is 824. The Kier molecular flexibility index (Phi) is 5.61. The van der Waals surface area contributed by atoms with Gasteiger partial charge in [-0.25, -0.2) is 14.4 Å². The van der Waals surface area contributed by atoms with Crippen molar-refractivity contribution >= 4 is 35.2 Å². The van der Waals surface area contributed by atoms with Crippen molar-refractivity contribution in [2.75, 3.05) is 19.1 Å². The molecule has 1 aromatic carbocycles. The van der Waals surface area contributed by atoms with Crippen LogP contribution in [0.25, 0.3) is 0 Å². The van der Waals surface area contributed by atoms with Crippen LogP contribution in [0.5, 0.6) is 0 Å². The van der Waals surface area contributed by atoms with Crippen LogP contribution in [0.15, 0.2) is 53.9 Å². The Morgan fingerprint density at radius 3 is 2.32 bits per heavy atom. The molecule has 25 heavy (non-hydrogen) atoms. The number of halogens is 1. The summed E-state index contributed by atoms with van der Waals surface area (Å²) in [5.41, 5.74) is 0.151. The summed E-state index contributed by atoms with van der Waals surface area (Å²) in [6, 6.07) is 4.01. The first-order chi connectivity index (χ1) is 11.9. The summed E-state index contributed by atoms with van der Waals surface area (Å²) in [6.45, 7) is 0. The van der Waals surface area contributed by atoms with E-state index in [1.807, 2.05) is 0 Å². The molecule has 130 valence electrons. The highest BCUT2D eigenvalue weighted by atomic mass is 35.5. The molecule has 0 unspecified atom stereocenters. The number of carboxylic acids is 1. The monoisotopic (exact) mass is 363 g/mol. The number of carbonyl (C=O) groups is 3. The molecule has 0 fully saturated rings. The maximum Gasteiger partial charge on any atom is 0.355 e. The normalized spacial score (nSPS) is 13.5. The summed E-state index contributed by atoms with van der Waals surface area (Å²) < 4.78 is 9.49. The average Bonchev–Trinajstić information content (AvgIpc) is 2.82. The fourth-order valence-electron chi connectivity index (χ4n) is 2.19. The number of aromatic carboxylic acids is 1. The van der Waals surface area contributed by atoms with E-state index < -0.39 is 17.9 Å². The third-order valence-corrected chi connectivity index (χ3v) is 3.65. The minimum Gasteiger partial charge on any atom is -0.478 e. The number of allylic oxidation sites excluding steroid dienone is 2. The molecule has 1 aliphatic heterocycles. The van der Waals surface area contributed by atoms with Crippen LogP contribution < -0.4 is 4.90 Å². The number of esters is 2. The molecule has 2 rings (SSSR count). The highest BCUT2D eigenvalue weighted by molar-refractivity contribution is 6.34. The van der Waals surface area contributed by atoms with Gasteiger partial charge in [0.15, 0.2) is 0 Å². The summed E-state index contributed by atoms with van der Waals surface area (Å²) in [6.07, 6.45) is 6.05. The molecule has 1 heterocycles. The van der Waals surface area contributed by atoms with Gasteiger partial charge in [0, 0.05) is 6.20 Å². The van der Waals surface area contributed by atoms with Crippen LogP contribution in [0.3, 0.4) is 0 Å². The van der Waals surface area contributed by atoms with E-state index in [4.69, 9.17) is 26.2 Å². The molecule has 1 N–H and O–H groups in total. The van der Waals surface area contributed by atoms with E-state index in [0.717, 1.165) is 0 Å². The number of hydrogen-bond acceptors (Lipinski definition) is 6. The van der Waals surface area contributed by atoms with Crippen molar-refractivity contribution in [3.05, 3.63) is 64.5 Å². The van der Waals surface area contributed by atoms with E-state index in [2.05, 4.69) is 0 Å². The van der Waals surface area contributed by atoms with Crippen molar-refractivity contribution in [2.24, 2.45) is 0 Å². The zero-order valence-electron chi connectivity index (χ0n) is 13.4. The number of hydrogen-bond donors (Lipinski definition) is 1. The maximum atomic E-state index is 12.3. The van der Waals surface area contributed by atoms with Gasteiger partial charge in [-0.2, -0.15) is 0 Å². The highest BCUT2D eigenvalue weighted by Crippen LogP contribution is 2.32. The molecule has 1 aromatic rings. The predicted octanol–water partition coefficient (Wildman–Crippen LogP) is 2.53. The van der Waals surface area contributed by atoms with Crippen molar-refractivity contribution < 1.29 is 29.0 Å². The van der Waals surface area contributed by atoms with E-state index in [1.165, 1.54) is 49.6 Å². The van der Waals surface area contributed by atoms with Crippen molar-refractivity contribution in [3.63, 3.8) is 0 Å². The predicted molar refractivity (Wildman–Crippen MR) is 90.2 cm³/mol. The zero-order valence-corrected chi connectivity index (χ0v) is 14.1. The van der Waals surface area contributed by atoms with E-state index in [9.17, 15) is 14.4 Å². The number of methoxy groups -OCH3 is 2. The summed E-state index contributed by atoms with van der Waals surface area (Å²) in [5, 5.41) is 9.12. The number of rotatable bonds is 4. The van der Waals surface area contributed by atoms with Gasteiger partial charge in [0.05, 0.1) is 36.1 Å². The molecular weight excluding hydrogens is 350 g/mol. The number of anilines is 1. The van der Waals surface area contributed by atoms with E-state index in [0.29, 0.717) is 5.69 Å². The first-order valence-corrected chi connectivity index (χ1v) is 7.36. The molecule has 0 spiro atoms. The van der Waals surface area contributed by atoms with Crippen molar-refractivity contribution in [1.82, 2.24) is 0 Å². The van der Waals surface area contributed by atoms with E-state index in [1.54, 1.807) is 12.2 Å². The largest absolute Gasteiger partial charge is 0.478 e. The first-order valence-electron chi connectivity index (χ1n) is 6.98. The average molecular weight is 364 g/mol. The second kappa shape index (κ2) is 7.67. The standard InChI is InChI=1S/C17H14ClNO6/c1-24-16(22)11-5-3-4-8-19(14(11)17(23)25-2)13-7-6-10(15(20)21)9-12(13)18/h3-9H,1-2H3,(H,20,21). The van der Waals surface area contributed by atoms with E-state index >= 15 is 0 Å². The lowest BCUT2D eigenvalue weighted by atomic mass is 10.1. The zero-order chi connectivity index (χ0) is 18.6. The van der Waals surface area contributed by atoms with Crippen LogP contribution in [0.4, 0.5) is 5.69 Å². The lowest BCUT2D eigenvalue weighted by molar-refractivity contribution is -0.139. The van der Waals surface area contributed by atoms with Crippen LogP contribution in [-0.4, -0.2) is 37.2 Å². The minimum atomic E-state index is -1.14. The Labute approximate surface area is 148 Å². The summed E-state index contributed by atoms with van der Waals surface area (Å²) in [4.78, 5) is 36.7. The topological polar surface area (TPSA) is 93.1 Å². The molecule has 0 bridgehead atoms. The number of benzene rings is 1. The number of carbonyl (C=O) groups excluding carboxylic acids is 2. The Morgan fingerprint density at radius 1 is 1.08 bits per heavy atom. The molecule has 0 aromatic heterocycles. The molecule has 0 amide bonds. The quantitative estimate of drug-likeness (QED) is 0.821. The van der Waals surface area contributed by atoms with E-state index in [-0.39, 0.29) is 21.9 Å². The van der Waals surface area contributed by atoms with Crippen LogP contribution in [-0.2, 0) is 19.1 Å². The Morgan fingerprint density at radius 2 is 1.76 bits per heavy atom. The van der Waals surface area contributed by atoms with Crippen LogP contribution in [0.1, 0.15) is 10.4 Å². The van der Waals surface area contributed by atoms with Gasteiger partial charge >= 0.3 is 17.9 Å². The van der Waals surface area contributed by atoms with Gasteiger partial charge in [-0.05, 0) is 30.4 Å². The molecule has 0 radical (unpaired) electrons. The van der Waals surface area contributed by atoms with Gasteiger partial charge in [-0.3, -0.25) is 0 Å². The molecule has 8 heteroatoms. The highest BCUT2D eigenvalue weighted by Gasteiger charge is 2.28. The number of nitrogens with zero attached hydrogens (tertiary/aromatic N) is 1. The third kappa shape index (κ3) is 3.72. The van der Waals surface area contributed by atoms with Crippen molar-refractivity contribution in [3.8, 4) is 0 Å². The molecule has 7 nitrogen and oxygen atoms in total. The van der Waals surface area contributed by atoms with Gasteiger partial charge in [0.2, 0.25) is 0 Å². The molecule has 0 atom stereocenters. The summed E-state index contributed by atoms with van der Waals surface area (Å²) in [5.74, 6) is -2.65. The fraction of sp³-hybridized carbons (Fsp3) is 0.118. The van der Waals surface area contributed by atoms with Gasteiger partial charge in [0.25, 0.3) is 0 Å². The molecule has 0 saturated carbocycles. The maximum absolute atomic E-state index is 12.3. The molecular formula is C17H14ClNO6. The van der Waals surface area contributed by atoms with Crippen LogP contribution in [0, 0.1) is 0 Å². The molecule has 0 saturated heterocycles. The van der Waals surface area contributed by atoms with Gasteiger partial charge in [-0.1, -0.05) is 17.7 Å². The lowest BCUT2D eigenvalue weighted by Gasteiger charge is -2.24. The smallest absolute Gasteiger partial charge is 0.355 e. The molecule has 1 aliphatic rings. The Hall–Kier alpha value is -3.06. The third-order valence-electron chi connectivity index (χ3n) is 3.34. The second-order valence-corrected chi connectivity index (χ2v) is 5.19. The Balaban J connectivity index is 2.67. The van der Waals surface area contributed by atoms with Crippen molar-refractivity contribution in [2.45, 2.75) is 0 Å². The van der Waals surface area contributed by atoms with Crippen molar-refractivity contribution in [1.29, 1.82) is 0 Å². The summed E-state index contributed by atoms with van der Waals surface area (Å²) in [7, 11) is 2.37. The summed E-state index contributed by atoms with van der Waals surface area (Å²) >= 11 is 6.18. The van der Waals surface area contributed by atoms with Gasteiger partial charge < -0.3 is 19.5 Å². The molecule has 0 aliphatic carbocycles. The van der Waals surface area contributed by atoms with Crippen LogP contribution in [0.2, 0.25) is 5.02 Å². The number of carboxylic acid groups (broad SMARTS) is 1. The second-order valence-electron chi connectivity index (χ2n) is 4.79. The van der Waals surface area contributed by atoms with Crippen LogP contribution >= 0.6 is 11.6 Å². The lowest BCUT2D eigenvalue weighted by Crippen LogP contribution is -2.27. The number of ether oxygens (including phenoxy) is 2. The first kappa shape index (κ1) is 18.3. The minimum absolute atomic E-state index is 0.0116. The fourth-order valence-corrected chi connectivity index (χ4v) is 2.46. The SMILES string of the molecule is COC(=O)C1=C(C(=O)OC)N(c2ccc(C(=O)O)cc2Cl)C=CC=C1. The van der Waals surface area contributed by atoms with Gasteiger partial charge in [0.1, 0.15) is 5.70 Å².